The molecule has 4 rings (SSSR count). The Morgan fingerprint density at radius 3 is 2.81 bits per heavy atom. The van der Waals surface area contributed by atoms with Crippen molar-refractivity contribution in [1.82, 2.24) is 14.8 Å². The zero-order chi connectivity index (χ0) is 18.1. The second kappa shape index (κ2) is 6.63. The summed E-state index contributed by atoms with van der Waals surface area (Å²) < 4.78 is 1.67. The van der Waals surface area contributed by atoms with Gasteiger partial charge >= 0.3 is 0 Å². The van der Waals surface area contributed by atoms with Crippen molar-refractivity contribution < 1.29 is 4.79 Å². The number of carbonyl (C=O) groups is 1. The van der Waals surface area contributed by atoms with Gasteiger partial charge in [0.1, 0.15) is 0 Å². The number of rotatable bonds is 3. The number of para-hydroxylation sites is 2. The van der Waals surface area contributed by atoms with Gasteiger partial charge in [0.15, 0.2) is 0 Å². The van der Waals surface area contributed by atoms with Gasteiger partial charge in [0, 0.05) is 25.0 Å². The number of anilines is 2. The molecular formula is C20H21N5O. The lowest BCUT2D eigenvalue weighted by Crippen LogP contribution is -2.46. The summed E-state index contributed by atoms with van der Waals surface area (Å²) in [6, 6.07) is 11.9. The number of hydrogen-bond acceptors (Lipinski definition) is 4. The second-order valence-electron chi connectivity index (χ2n) is 6.81. The van der Waals surface area contributed by atoms with Crippen molar-refractivity contribution >= 4 is 17.3 Å². The molecule has 0 bridgehead atoms. The van der Waals surface area contributed by atoms with E-state index in [0.717, 1.165) is 17.1 Å². The molecule has 0 saturated heterocycles. The molecule has 2 aromatic heterocycles. The average molecular weight is 347 g/mol. The highest BCUT2D eigenvalue weighted by molar-refractivity contribution is 6.08. The third-order valence-corrected chi connectivity index (χ3v) is 4.70. The van der Waals surface area contributed by atoms with Crippen LogP contribution in [0.4, 0.5) is 11.4 Å². The van der Waals surface area contributed by atoms with E-state index in [9.17, 15) is 4.79 Å². The Morgan fingerprint density at radius 2 is 2.04 bits per heavy atom. The van der Waals surface area contributed by atoms with Gasteiger partial charge in [0.05, 0.1) is 35.0 Å². The summed E-state index contributed by atoms with van der Waals surface area (Å²) in [5, 5.41) is 7.87. The lowest BCUT2D eigenvalue weighted by molar-refractivity contribution is 0.0983. The maximum Gasteiger partial charge on any atom is 0.261 e. The molecule has 1 unspecified atom stereocenters. The zero-order valence-corrected chi connectivity index (χ0v) is 14.8. The highest BCUT2D eigenvalue weighted by atomic mass is 16.2. The molecule has 0 aliphatic carbocycles. The average Bonchev–Trinajstić information content (AvgIpc) is 3.17. The smallest absolute Gasteiger partial charge is 0.261 e. The molecule has 1 N–H and O–H groups in total. The molecule has 1 aliphatic heterocycles. The van der Waals surface area contributed by atoms with Gasteiger partial charge in [-0.3, -0.25) is 9.78 Å². The normalized spacial score (nSPS) is 16.3. The fourth-order valence-electron chi connectivity index (χ4n) is 3.16. The van der Waals surface area contributed by atoms with Crippen molar-refractivity contribution in [3.05, 3.63) is 66.7 Å². The van der Waals surface area contributed by atoms with E-state index < -0.39 is 0 Å². The van der Waals surface area contributed by atoms with Crippen LogP contribution in [-0.2, 0) is 0 Å². The molecule has 6 nitrogen and oxygen atoms in total. The number of hydrogen-bond donors (Lipinski definition) is 1. The van der Waals surface area contributed by atoms with Gasteiger partial charge in [0.25, 0.3) is 5.91 Å². The van der Waals surface area contributed by atoms with E-state index in [1.165, 1.54) is 0 Å². The van der Waals surface area contributed by atoms with E-state index in [0.29, 0.717) is 18.0 Å². The zero-order valence-electron chi connectivity index (χ0n) is 14.8. The number of nitrogens with zero attached hydrogens (tertiary/aromatic N) is 4. The molecule has 1 atom stereocenters. The molecule has 0 saturated carbocycles. The van der Waals surface area contributed by atoms with Gasteiger partial charge in [-0.1, -0.05) is 26.0 Å². The Hall–Kier alpha value is -3.15. The fraction of sp³-hybridized carbons (Fsp3) is 0.250. The predicted molar refractivity (Wildman–Crippen MR) is 102 cm³/mol. The standard InChI is InChI=1S/C20H21N5O/c1-14(2)18-13-24(19-8-4-3-7-17(19)23-18)20(26)15-10-22-25(12-15)16-6-5-9-21-11-16/h3-12,14,18,23H,13H2,1-2H3. The first-order chi connectivity index (χ1) is 12.6. The fourth-order valence-corrected chi connectivity index (χ4v) is 3.16. The molecule has 0 radical (unpaired) electrons. The summed E-state index contributed by atoms with van der Waals surface area (Å²) in [6.07, 6.45) is 6.80. The number of benzene rings is 1. The number of nitrogens with one attached hydrogen (secondary N) is 1. The van der Waals surface area contributed by atoms with Crippen molar-refractivity contribution in [3.63, 3.8) is 0 Å². The van der Waals surface area contributed by atoms with E-state index >= 15 is 0 Å². The summed E-state index contributed by atoms with van der Waals surface area (Å²) in [5.74, 6) is 0.372. The quantitative estimate of drug-likeness (QED) is 0.789. The molecule has 3 aromatic rings. The Bertz CT molecular complexity index is 919. The minimum absolute atomic E-state index is 0.0419. The number of fused-ring (bicyclic) bond motifs is 1. The van der Waals surface area contributed by atoms with Crippen molar-refractivity contribution in [3.8, 4) is 5.69 Å². The largest absolute Gasteiger partial charge is 0.379 e. The minimum atomic E-state index is -0.0419. The van der Waals surface area contributed by atoms with Gasteiger partial charge in [0.2, 0.25) is 0 Å². The van der Waals surface area contributed by atoms with Gasteiger partial charge in [-0.15, -0.1) is 0 Å². The van der Waals surface area contributed by atoms with Crippen LogP contribution in [0.3, 0.4) is 0 Å². The Balaban J connectivity index is 1.66. The molecule has 6 heteroatoms. The topological polar surface area (TPSA) is 63.1 Å². The van der Waals surface area contributed by atoms with Crippen LogP contribution in [0.5, 0.6) is 0 Å². The van der Waals surface area contributed by atoms with Crippen LogP contribution in [0.1, 0.15) is 24.2 Å². The molecule has 1 aliphatic rings. The van der Waals surface area contributed by atoms with E-state index in [1.54, 1.807) is 29.5 Å². The third-order valence-electron chi connectivity index (χ3n) is 4.70. The van der Waals surface area contributed by atoms with Gasteiger partial charge in [-0.05, 0) is 30.2 Å². The molecule has 1 amide bonds. The second-order valence-corrected chi connectivity index (χ2v) is 6.81. The van der Waals surface area contributed by atoms with Crippen molar-refractivity contribution in [2.45, 2.75) is 19.9 Å². The molecule has 1 aromatic carbocycles. The Labute approximate surface area is 152 Å². The predicted octanol–water partition coefficient (Wildman–Crippen LogP) is 3.36. The van der Waals surface area contributed by atoms with E-state index in [2.05, 4.69) is 29.2 Å². The summed E-state index contributed by atoms with van der Waals surface area (Å²) >= 11 is 0. The summed E-state index contributed by atoms with van der Waals surface area (Å²) in [7, 11) is 0. The van der Waals surface area contributed by atoms with Gasteiger partial charge in [-0.25, -0.2) is 4.68 Å². The SMILES string of the molecule is CC(C)C1CN(C(=O)c2cnn(-c3cccnc3)c2)c2ccccc2N1. The van der Waals surface area contributed by atoms with Crippen molar-refractivity contribution in [1.29, 1.82) is 0 Å². The molecule has 0 fully saturated rings. The highest BCUT2D eigenvalue weighted by Crippen LogP contribution is 2.33. The maximum absolute atomic E-state index is 13.2. The Kier molecular flexibility index (Phi) is 4.16. The summed E-state index contributed by atoms with van der Waals surface area (Å²) in [5.41, 5.74) is 3.29. The molecule has 26 heavy (non-hydrogen) atoms. The Morgan fingerprint density at radius 1 is 1.19 bits per heavy atom. The van der Waals surface area contributed by atoms with E-state index in [4.69, 9.17) is 0 Å². The summed E-state index contributed by atoms with van der Waals surface area (Å²) in [4.78, 5) is 19.2. The van der Waals surface area contributed by atoms with Crippen molar-refractivity contribution in [2.24, 2.45) is 5.92 Å². The van der Waals surface area contributed by atoms with Crippen LogP contribution in [0.25, 0.3) is 5.69 Å². The first-order valence-corrected chi connectivity index (χ1v) is 8.76. The van der Waals surface area contributed by atoms with Crippen LogP contribution < -0.4 is 10.2 Å². The third kappa shape index (κ3) is 2.94. The molecule has 132 valence electrons. The van der Waals surface area contributed by atoms with Gasteiger partial charge < -0.3 is 10.2 Å². The van der Waals surface area contributed by atoms with Crippen LogP contribution in [-0.4, -0.2) is 33.3 Å². The summed E-state index contributed by atoms with van der Waals surface area (Å²) in [6.45, 7) is 4.95. The number of pyridine rings is 1. The first-order valence-electron chi connectivity index (χ1n) is 8.76. The maximum atomic E-state index is 13.2. The lowest BCUT2D eigenvalue weighted by Gasteiger charge is -2.37. The van der Waals surface area contributed by atoms with Crippen LogP contribution >= 0.6 is 0 Å². The first kappa shape index (κ1) is 16.3. The van der Waals surface area contributed by atoms with E-state index in [-0.39, 0.29) is 11.9 Å². The molecular weight excluding hydrogens is 326 g/mol. The molecule has 0 spiro atoms. The van der Waals surface area contributed by atoms with Gasteiger partial charge in [-0.2, -0.15) is 5.10 Å². The van der Waals surface area contributed by atoms with Crippen LogP contribution in [0.15, 0.2) is 61.2 Å². The molecule has 3 heterocycles. The van der Waals surface area contributed by atoms with Crippen LogP contribution in [0.2, 0.25) is 0 Å². The lowest BCUT2D eigenvalue weighted by atomic mass is 9.99. The number of amides is 1. The number of carbonyl (C=O) groups excluding carboxylic acids is 1. The monoisotopic (exact) mass is 347 g/mol. The highest BCUT2D eigenvalue weighted by Gasteiger charge is 2.30. The number of aromatic nitrogens is 3. The van der Waals surface area contributed by atoms with Crippen molar-refractivity contribution in [2.75, 3.05) is 16.8 Å². The van der Waals surface area contributed by atoms with E-state index in [1.807, 2.05) is 41.3 Å². The van der Waals surface area contributed by atoms with Crippen LogP contribution in [0, 0.1) is 5.92 Å². The minimum Gasteiger partial charge on any atom is -0.379 e.